The minimum atomic E-state index is -0.155. The summed E-state index contributed by atoms with van der Waals surface area (Å²) in [5, 5.41) is 3.06. The number of rotatable bonds is 6. The standard InChI is InChI=1S/C32H39N5O3/c1-23-21-26(31(38)33-27-10-12-30(40-4)29(22-27)36-17-13-34(2)14-18-36)9-11-28(23)24-5-7-25(8-6-24)32(39)37-19-15-35(3)16-20-37/h5-12,21-22H,13-20H2,1-4H3,(H,33,38). The third-order valence-electron chi connectivity index (χ3n) is 8.00. The van der Waals surface area contributed by atoms with Crippen LogP contribution in [0.4, 0.5) is 11.4 Å². The molecule has 0 aliphatic carbocycles. The van der Waals surface area contributed by atoms with Crippen LogP contribution in [-0.4, -0.2) is 100 Å². The molecule has 2 heterocycles. The Morgan fingerprint density at radius 2 is 1.38 bits per heavy atom. The maximum Gasteiger partial charge on any atom is 0.255 e. The molecule has 210 valence electrons. The van der Waals surface area contributed by atoms with Crippen LogP contribution >= 0.6 is 0 Å². The number of hydrogen-bond donors (Lipinski definition) is 1. The van der Waals surface area contributed by atoms with Gasteiger partial charge >= 0.3 is 0 Å². The molecule has 0 unspecified atom stereocenters. The number of ether oxygens (including phenoxy) is 1. The van der Waals surface area contributed by atoms with Crippen LogP contribution in [0.25, 0.3) is 11.1 Å². The van der Waals surface area contributed by atoms with Crippen molar-refractivity contribution in [2.75, 3.05) is 83.8 Å². The molecule has 2 amide bonds. The molecule has 8 heteroatoms. The largest absolute Gasteiger partial charge is 0.495 e. The molecule has 1 N–H and O–H groups in total. The first-order valence-corrected chi connectivity index (χ1v) is 13.9. The van der Waals surface area contributed by atoms with Crippen molar-refractivity contribution < 1.29 is 14.3 Å². The molecule has 3 aromatic carbocycles. The highest BCUT2D eigenvalue weighted by Gasteiger charge is 2.21. The van der Waals surface area contributed by atoms with Gasteiger partial charge in [0, 0.05) is 69.2 Å². The lowest BCUT2D eigenvalue weighted by Crippen LogP contribution is -2.47. The summed E-state index contributed by atoms with van der Waals surface area (Å²) in [7, 11) is 5.89. The van der Waals surface area contributed by atoms with Crippen molar-refractivity contribution in [3.8, 4) is 16.9 Å². The highest BCUT2D eigenvalue weighted by molar-refractivity contribution is 6.05. The predicted molar refractivity (Wildman–Crippen MR) is 161 cm³/mol. The fraction of sp³-hybridized carbons (Fsp3) is 0.375. The third kappa shape index (κ3) is 6.13. The van der Waals surface area contributed by atoms with E-state index in [0.29, 0.717) is 11.1 Å². The van der Waals surface area contributed by atoms with Crippen molar-refractivity contribution in [1.82, 2.24) is 14.7 Å². The topological polar surface area (TPSA) is 68.4 Å². The molecular weight excluding hydrogens is 502 g/mol. The summed E-state index contributed by atoms with van der Waals surface area (Å²) in [4.78, 5) is 34.9. The van der Waals surface area contributed by atoms with E-state index < -0.39 is 0 Å². The highest BCUT2D eigenvalue weighted by atomic mass is 16.5. The van der Waals surface area contributed by atoms with Gasteiger partial charge in [0.15, 0.2) is 0 Å². The van der Waals surface area contributed by atoms with Gasteiger partial charge in [-0.1, -0.05) is 18.2 Å². The van der Waals surface area contributed by atoms with Gasteiger partial charge in [-0.2, -0.15) is 0 Å². The molecule has 5 rings (SSSR count). The number of likely N-dealkylation sites (N-methyl/N-ethyl adjacent to an activating group) is 2. The molecule has 0 bridgehead atoms. The number of carbonyl (C=O) groups is 2. The van der Waals surface area contributed by atoms with E-state index in [-0.39, 0.29) is 11.8 Å². The first-order valence-electron chi connectivity index (χ1n) is 13.9. The van der Waals surface area contributed by atoms with E-state index in [0.717, 1.165) is 86.2 Å². The fourth-order valence-electron chi connectivity index (χ4n) is 5.38. The number of amides is 2. The summed E-state index contributed by atoms with van der Waals surface area (Å²) in [6.45, 7) is 9.12. The smallest absolute Gasteiger partial charge is 0.255 e. The maximum absolute atomic E-state index is 13.2. The van der Waals surface area contributed by atoms with Gasteiger partial charge in [-0.3, -0.25) is 9.59 Å². The summed E-state index contributed by atoms with van der Waals surface area (Å²) >= 11 is 0. The zero-order chi connectivity index (χ0) is 28.2. The number of nitrogens with one attached hydrogen (secondary N) is 1. The van der Waals surface area contributed by atoms with Crippen LogP contribution in [0, 0.1) is 6.92 Å². The van der Waals surface area contributed by atoms with Crippen molar-refractivity contribution in [1.29, 1.82) is 0 Å². The van der Waals surface area contributed by atoms with E-state index in [1.807, 2.05) is 72.5 Å². The van der Waals surface area contributed by atoms with Crippen molar-refractivity contribution in [2.24, 2.45) is 0 Å². The Kier molecular flexibility index (Phi) is 8.38. The van der Waals surface area contributed by atoms with E-state index >= 15 is 0 Å². The summed E-state index contributed by atoms with van der Waals surface area (Å²) in [6.07, 6.45) is 0. The van der Waals surface area contributed by atoms with E-state index in [1.54, 1.807) is 7.11 Å². The number of carbonyl (C=O) groups excluding carboxylic acids is 2. The zero-order valence-corrected chi connectivity index (χ0v) is 23.9. The third-order valence-corrected chi connectivity index (χ3v) is 8.00. The van der Waals surface area contributed by atoms with Crippen LogP contribution in [0.1, 0.15) is 26.3 Å². The van der Waals surface area contributed by atoms with Crippen LogP contribution in [0.15, 0.2) is 60.7 Å². The van der Waals surface area contributed by atoms with Crippen LogP contribution in [0.3, 0.4) is 0 Å². The molecule has 0 radical (unpaired) electrons. The second kappa shape index (κ2) is 12.1. The van der Waals surface area contributed by atoms with Crippen LogP contribution in [-0.2, 0) is 0 Å². The molecule has 0 spiro atoms. The van der Waals surface area contributed by atoms with Gasteiger partial charge in [-0.05, 0) is 80.2 Å². The Morgan fingerprint density at radius 3 is 2.00 bits per heavy atom. The highest BCUT2D eigenvalue weighted by Crippen LogP contribution is 2.32. The molecule has 2 saturated heterocycles. The van der Waals surface area contributed by atoms with Crippen molar-refractivity contribution in [3.63, 3.8) is 0 Å². The Morgan fingerprint density at radius 1 is 0.750 bits per heavy atom. The second-order valence-electron chi connectivity index (χ2n) is 10.8. The normalized spacial score (nSPS) is 16.6. The lowest BCUT2D eigenvalue weighted by molar-refractivity contribution is 0.0664. The number of hydrogen-bond acceptors (Lipinski definition) is 6. The monoisotopic (exact) mass is 541 g/mol. The number of benzene rings is 3. The van der Waals surface area contributed by atoms with Gasteiger partial charge in [0.2, 0.25) is 0 Å². The van der Waals surface area contributed by atoms with E-state index in [4.69, 9.17) is 4.74 Å². The second-order valence-corrected chi connectivity index (χ2v) is 10.8. The number of aryl methyl sites for hydroxylation is 1. The Bertz CT molecular complexity index is 1360. The SMILES string of the molecule is COc1ccc(NC(=O)c2ccc(-c3ccc(C(=O)N4CCN(C)CC4)cc3)c(C)c2)cc1N1CCN(C)CC1. The predicted octanol–water partition coefficient (Wildman–Crippen LogP) is 4.06. The van der Waals surface area contributed by atoms with Gasteiger partial charge < -0.3 is 29.7 Å². The molecular formula is C32H39N5O3. The average Bonchev–Trinajstić information content (AvgIpc) is 2.97. The quantitative estimate of drug-likeness (QED) is 0.508. The first kappa shape index (κ1) is 27.7. The average molecular weight is 542 g/mol. The molecule has 8 nitrogen and oxygen atoms in total. The van der Waals surface area contributed by atoms with Gasteiger partial charge in [0.05, 0.1) is 12.8 Å². The van der Waals surface area contributed by atoms with Crippen LogP contribution < -0.4 is 15.0 Å². The van der Waals surface area contributed by atoms with Gasteiger partial charge in [0.1, 0.15) is 5.75 Å². The number of anilines is 2. The molecule has 0 aromatic heterocycles. The summed E-state index contributed by atoms with van der Waals surface area (Å²) < 4.78 is 5.61. The minimum absolute atomic E-state index is 0.0812. The Labute approximate surface area is 237 Å². The van der Waals surface area contributed by atoms with Crippen LogP contribution in [0.5, 0.6) is 5.75 Å². The molecule has 0 saturated carbocycles. The number of piperazine rings is 2. The van der Waals surface area contributed by atoms with Crippen molar-refractivity contribution >= 4 is 23.2 Å². The summed E-state index contributed by atoms with van der Waals surface area (Å²) in [5.74, 6) is 0.731. The molecule has 3 aromatic rings. The first-order chi connectivity index (χ1) is 19.3. The van der Waals surface area contributed by atoms with Gasteiger partial charge in [0.25, 0.3) is 11.8 Å². The van der Waals surface area contributed by atoms with Crippen molar-refractivity contribution in [2.45, 2.75) is 6.92 Å². The zero-order valence-electron chi connectivity index (χ0n) is 23.9. The molecule has 2 aliphatic heterocycles. The van der Waals surface area contributed by atoms with E-state index in [9.17, 15) is 9.59 Å². The lowest BCUT2D eigenvalue weighted by Gasteiger charge is -2.35. The Hall–Kier alpha value is -3.88. The summed E-state index contributed by atoms with van der Waals surface area (Å²) in [5.41, 5.74) is 6.09. The van der Waals surface area contributed by atoms with Crippen LogP contribution in [0.2, 0.25) is 0 Å². The fourth-order valence-corrected chi connectivity index (χ4v) is 5.38. The Balaban J connectivity index is 1.27. The van der Waals surface area contributed by atoms with Crippen molar-refractivity contribution in [3.05, 3.63) is 77.4 Å². The summed E-state index contributed by atoms with van der Waals surface area (Å²) in [6, 6.07) is 19.3. The van der Waals surface area contributed by atoms with E-state index in [2.05, 4.69) is 34.1 Å². The van der Waals surface area contributed by atoms with E-state index in [1.165, 1.54) is 0 Å². The number of methoxy groups -OCH3 is 1. The maximum atomic E-state index is 13.2. The van der Waals surface area contributed by atoms with Gasteiger partial charge in [-0.25, -0.2) is 0 Å². The molecule has 40 heavy (non-hydrogen) atoms. The van der Waals surface area contributed by atoms with Gasteiger partial charge in [-0.15, -0.1) is 0 Å². The minimum Gasteiger partial charge on any atom is -0.495 e. The molecule has 0 atom stereocenters. The lowest BCUT2D eigenvalue weighted by atomic mass is 9.97. The number of nitrogens with zero attached hydrogens (tertiary/aromatic N) is 4. The molecule has 2 aliphatic rings. The molecule has 2 fully saturated rings.